The molecule has 100 valence electrons. The van der Waals surface area contributed by atoms with Crippen LogP contribution in [0.3, 0.4) is 0 Å². The maximum atomic E-state index is 13.1. The molecule has 0 radical (unpaired) electrons. The predicted octanol–water partition coefficient (Wildman–Crippen LogP) is 1.83. The molecule has 2 heterocycles. The van der Waals surface area contributed by atoms with E-state index in [4.69, 9.17) is 10.5 Å². The van der Waals surface area contributed by atoms with E-state index in [1.54, 1.807) is 6.07 Å². The molecule has 0 saturated heterocycles. The van der Waals surface area contributed by atoms with Crippen LogP contribution in [0.5, 0.6) is 11.5 Å². The Hall–Kier alpha value is -2.96. The highest BCUT2D eigenvalue weighted by atomic mass is 19.1. The molecule has 3 aromatic rings. The Morgan fingerprint density at radius 1 is 1.25 bits per heavy atom. The van der Waals surface area contributed by atoms with Crippen LogP contribution < -0.4 is 16.0 Å². The number of nitrogens with zero attached hydrogens (tertiary/aromatic N) is 2. The average molecular weight is 272 g/mol. The first-order chi connectivity index (χ1) is 9.63. The van der Waals surface area contributed by atoms with Crippen molar-refractivity contribution in [1.29, 1.82) is 0 Å². The Bertz CT molecular complexity index is 847. The Morgan fingerprint density at radius 3 is 2.90 bits per heavy atom. The standard InChI is InChI=1S/C13H9FN4O2/c14-8-2-1-7(5-9(8)15)20-10-3-4-16-13-12(10)17-6-11(19)18-13/h1-6H,15H2,(H,16,18,19). The number of H-pyrrole nitrogens is 1. The van der Waals surface area contributed by atoms with Gasteiger partial charge >= 0.3 is 0 Å². The number of rotatable bonds is 2. The molecule has 0 spiro atoms. The molecule has 2 aromatic heterocycles. The molecule has 0 amide bonds. The number of ether oxygens (including phenoxy) is 1. The average Bonchev–Trinajstić information content (AvgIpc) is 2.43. The first-order valence-corrected chi connectivity index (χ1v) is 5.70. The topological polar surface area (TPSA) is 93.9 Å². The lowest BCUT2D eigenvalue weighted by Crippen LogP contribution is -2.06. The number of nitrogens with two attached hydrogens (primary N) is 1. The Balaban J connectivity index is 2.06. The highest BCUT2D eigenvalue weighted by Crippen LogP contribution is 2.27. The van der Waals surface area contributed by atoms with Gasteiger partial charge in [-0.05, 0) is 12.1 Å². The van der Waals surface area contributed by atoms with Gasteiger partial charge in [-0.15, -0.1) is 0 Å². The maximum absolute atomic E-state index is 13.1. The third-order valence-electron chi connectivity index (χ3n) is 2.64. The third-order valence-corrected chi connectivity index (χ3v) is 2.64. The van der Waals surface area contributed by atoms with Crippen LogP contribution in [0.2, 0.25) is 0 Å². The van der Waals surface area contributed by atoms with Crippen molar-refractivity contribution in [3.63, 3.8) is 0 Å². The van der Waals surface area contributed by atoms with Gasteiger partial charge in [0.2, 0.25) is 0 Å². The summed E-state index contributed by atoms with van der Waals surface area (Å²) in [6, 6.07) is 5.62. The van der Waals surface area contributed by atoms with Gasteiger partial charge in [-0.1, -0.05) is 0 Å². The van der Waals surface area contributed by atoms with Crippen molar-refractivity contribution in [1.82, 2.24) is 15.0 Å². The quantitative estimate of drug-likeness (QED) is 0.694. The second-order valence-corrected chi connectivity index (χ2v) is 4.04. The first-order valence-electron chi connectivity index (χ1n) is 5.70. The minimum absolute atomic E-state index is 0.0118. The lowest BCUT2D eigenvalue weighted by molar-refractivity contribution is 0.485. The predicted molar refractivity (Wildman–Crippen MR) is 71.0 cm³/mol. The minimum Gasteiger partial charge on any atom is -0.455 e. The van der Waals surface area contributed by atoms with Crippen LogP contribution in [0, 0.1) is 5.82 Å². The van der Waals surface area contributed by atoms with Crippen LogP contribution in [0.25, 0.3) is 11.2 Å². The number of nitrogens with one attached hydrogen (secondary N) is 1. The summed E-state index contributed by atoms with van der Waals surface area (Å²) < 4.78 is 18.7. The fraction of sp³-hybridized carbons (Fsp3) is 0. The van der Waals surface area contributed by atoms with E-state index in [-0.39, 0.29) is 11.2 Å². The zero-order chi connectivity index (χ0) is 14.1. The molecule has 1 aromatic carbocycles. The molecule has 3 N–H and O–H groups in total. The smallest absolute Gasteiger partial charge is 0.268 e. The van der Waals surface area contributed by atoms with E-state index in [2.05, 4.69) is 15.0 Å². The second kappa shape index (κ2) is 4.61. The van der Waals surface area contributed by atoms with Gasteiger partial charge in [-0.3, -0.25) is 4.79 Å². The number of hydrogen-bond acceptors (Lipinski definition) is 5. The van der Waals surface area contributed by atoms with Crippen molar-refractivity contribution in [2.75, 3.05) is 5.73 Å². The summed E-state index contributed by atoms with van der Waals surface area (Å²) in [6.07, 6.45) is 2.61. The Kier molecular flexibility index (Phi) is 2.79. The number of aromatic nitrogens is 3. The molecular formula is C13H9FN4O2. The third kappa shape index (κ3) is 2.16. The van der Waals surface area contributed by atoms with Crippen LogP contribution in [0.15, 0.2) is 41.5 Å². The van der Waals surface area contributed by atoms with E-state index < -0.39 is 5.82 Å². The molecule has 7 heteroatoms. The van der Waals surface area contributed by atoms with E-state index in [0.717, 1.165) is 6.20 Å². The number of anilines is 1. The number of nitrogen functional groups attached to an aromatic ring is 1. The summed E-state index contributed by atoms with van der Waals surface area (Å²) in [5, 5.41) is 0. The number of fused-ring (bicyclic) bond motifs is 1. The molecular weight excluding hydrogens is 263 g/mol. The van der Waals surface area contributed by atoms with Gasteiger partial charge in [0.25, 0.3) is 5.56 Å². The SMILES string of the molecule is Nc1cc(Oc2ccnc3[nH]c(=O)cnc23)ccc1F. The minimum atomic E-state index is -0.514. The summed E-state index contributed by atoms with van der Waals surface area (Å²) in [4.78, 5) is 21.7. The van der Waals surface area contributed by atoms with Crippen LogP contribution in [-0.4, -0.2) is 15.0 Å². The molecule has 0 saturated carbocycles. The van der Waals surface area contributed by atoms with Gasteiger partial charge in [-0.2, -0.15) is 0 Å². The zero-order valence-corrected chi connectivity index (χ0v) is 10.1. The molecule has 3 rings (SSSR count). The highest BCUT2D eigenvalue weighted by molar-refractivity contribution is 5.76. The fourth-order valence-electron chi connectivity index (χ4n) is 1.72. The number of hydrogen-bond donors (Lipinski definition) is 2. The monoisotopic (exact) mass is 272 g/mol. The lowest BCUT2D eigenvalue weighted by atomic mass is 10.3. The summed E-state index contributed by atoms with van der Waals surface area (Å²) in [5.41, 5.74) is 5.82. The maximum Gasteiger partial charge on any atom is 0.268 e. The molecule has 20 heavy (non-hydrogen) atoms. The first kappa shape index (κ1) is 12.1. The molecule has 0 aliphatic carbocycles. The van der Waals surface area contributed by atoms with Gasteiger partial charge in [0.15, 0.2) is 11.4 Å². The second-order valence-electron chi connectivity index (χ2n) is 4.04. The van der Waals surface area contributed by atoms with Crippen LogP contribution in [0.1, 0.15) is 0 Å². The van der Waals surface area contributed by atoms with Gasteiger partial charge in [0.1, 0.15) is 17.1 Å². The van der Waals surface area contributed by atoms with Gasteiger partial charge < -0.3 is 15.5 Å². The summed E-state index contributed by atoms with van der Waals surface area (Å²) in [6.45, 7) is 0. The summed E-state index contributed by atoms with van der Waals surface area (Å²) in [5.74, 6) is 0.237. The van der Waals surface area contributed by atoms with Crippen molar-refractivity contribution in [2.45, 2.75) is 0 Å². The van der Waals surface area contributed by atoms with Crippen molar-refractivity contribution in [2.24, 2.45) is 0 Å². The number of halogens is 1. The fourth-order valence-corrected chi connectivity index (χ4v) is 1.72. The number of benzene rings is 1. The molecule has 0 aliphatic rings. The van der Waals surface area contributed by atoms with Gasteiger partial charge in [-0.25, -0.2) is 14.4 Å². The van der Waals surface area contributed by atoms with Crippen molar-refractivity contribution < 1.29 is 9.13 Å². The Morgan fingerprint density at radius 2 is 2.10 bits per heavy atom. The van der Waals surface area contributed by atoms with Crippen molar-refractivity contribution in [3.05, 3.63) is 52.8 Å². The van der Waals surface area contributed by atoms with E-state index in [1.165, 1.54) is 24.4 Å². The van der Waals surface area contributed by atoms with Crippen LogP contribution >= 0.6 is 0 Å². The van der Waals surface area contributed by atoms with Gasteiger partial charge in [0.05, 0.1) is 11.9 Å². The molecule has 0 atom stereocenters. The number of aromatic amines is 1. The molecule has 0 aliphatic heterocycles. The molecule has 0 fully saturated rings. The normalized spacial score (nSPS) is 10.7. The van der Waals surface area contributed by atoms with Crippen LogP contribution in [0.4, 0.5) is 10.1 Å². The van der Waals surface area contributed by atoms with Crippen molar-refractivity contribution >= 4 is 16.9 Å². The summed E-state index contributed by atoms with van der Waals surface area (Å²) in [7, 11) is 0. The van der Waals surface area contributed by atoms with E-state index in [1.807, 2.05) is 0 Å². The van der Waals surface area contributed by atoms with Gasteiger partial charge in [0, 0.05) is 18.3 Å². The Labute approximate surface area is 112 Å². The van der Waals surface area contributed by atoms with Crippen molar-refractivity contribution in [3.8, 4) is 11.5 Å². The summed E-state index contributed by atoms with van der Waals surface area (Å²) >= 11 is 0. The lowest BCUT2D eigenvalue weighted by Gasteiger charge is -2.08. The molecule has 0 bridgehead atoms. The molecule has 6 nitrogen and oxygen atoms in total. The van der Waals surface area contributed by atoms with Crippen LogP contribution in [-0.2, 0) is 0 Å². The number of pyridine rings is 1. The zero-order valence-electron chi connectivity index (χ0n) is 10.1. The molecule has 0 unspecified atom stereocenters. The van der Waals surface area contributed by atoms with E-state index in [9.17, 15) is 9.18 Å². The largest absolute Gasteiger partial charge is 0.455 e. The van der Waals surface area contributed by atoms with E-state index in [0.29, 0.717) is 22.7 Å². The van der Waals surface area contributed by atoms with E-state index >= 15 is 0 Å². The highest BCUT2D eigenvalue weighted by Gasteiger charge is 2.08.